The van der Waals surface area contributed by atoms with Crippen molar-refractivity contribution >= 4 is 50.7 Å². The molecule has 5 nitrogen and oxygen atoms in total. The van der Waals surface area contributed by atoms with E-state index in [1.54, 1.807) is 60.7 Å². The molecule has 0 radical (unpaired) electrons. The van der Waals surface area contributed by atoms with Crippen molar-refractivity contribution in [1.82, 2.24) is 0 Å². The van der Waals surface area contributed by atoms with Crippen LogP contribution >= 0.6 is 27.5 Å². The van der Waals surface area contributed by atoms with E-state index in [1.165, 1.54) is 0 Å². The van der Waals surface area contributed by atoms with Crippen LogP contribution in [0.1, 0.15) is 41.0 Å². The Labute approximate surface area is 201 Å². The Hall–Kier alpha value is -2.83. The van der Waals surface area contributed by atoms with Crippen molar-refractivity contribution in [2.45, 2.75) is 20.3 Å². The Kier molecular flexibility index (Phi) is 8.31. The second-order valence-corrected chi connectivity index (χ2v) is 9.02. The third kappa shape index (κ3) is 6.84. The molecule has 0 fully saturated rings. The van der Waals surface area contributed by atoms with E-state index in [4.69, 9.17) is 16.3 Å². The van der Waals surface area contributed by atoms with Gasteiger partial charge in [-0.25, -0.2) is 0 Å². The van der Waals surface area contributed by atoms with E-state index in [0.717, 1.165) is 10.9 Å². The highest BCUT2D eigenvalue weighted by atomic mass is 79.9. The number of rotatable bonds is 8. The van der Waals surface area contributed by atoms with Gasteiger partial charge in [0.1, 0.15) is 5.75 Å². The lowest BCUT2D eigenvalue weighted by atomic mass is 10.1. The lowest BCUT2D eigenvalue weighted by Crippen LogP contribution is -2.16. The van der Waals surface area contributed by atoms with Gasteiger partial charge in [-0.2, -0.15) is 0 Å². The van der Waals surface area contributed by atoms with Crippen LogP contribution in [0.5, 0.6) is 5.75 Å². The number of amides is 2. The highest BCUT2D eigenvalue weighted by molar-refractivity contribution is 9.10. The predicted octanol–water partition coefficient (Wildman–Crippen LogP) is 7.03. The summed E-state index contributed by atoms with van der Waals surface area (Å²) in [5, 5.41) is 6.18. The van der Waals surface area contributed by atoms with E-state index in [9.17, 15) is 9.59 Å². The summed E-state index contributed by atoms with van der Waals surface area (Å²) in [5.74, 6) is 0.395. The van der Waals surface area contributed by atoms with Crippen molar-refractivity contribution in [3.8, 4) is 5.75 Å². The number of carbonyl (C=O) groups excluding carboxylic acids is 2. The first-order valence-electron chi connectivity index (χ1n) is 10.2. The van der Waals surface area contributed by atoms with Crippen molar-refractivity contribution in [1.29, 1.82) is 0 Å². The number of hydrogen-bond acceptors (Lipinski definition) is 3. The van der Waals surface area contributed by atoms with Crippen molar-refractivity contribution < 1.29 is 14.3 Å². The molecule has 0 saturated heterocycles. The average molecular weight is 516 g/mol. The number of hydrogen-bond donors (Lipinski definition) is 2. The summed E-state index contributed by atoms with van der Waals surface area (Å²) in [6.45, 7) is 4.76. The van der Waals surface area contributed by atoms with Crippen LogP contribution < -0.4 is 15.4 Å². The average Bonchev–Trinajstić information content (AvgIpc) is 2.74. The van der Waals surface area contributed by atoms with Crippen LogP contribution in [0.3, 0.4) is 0 Å². The van der Waals surface area contributed by atoms with Crippen LogP contribution in [0.15, 0.2) is 71.2 Å². The molecule has 0 aromatic heterocycles. The molecular weight excluding hydrogens is 492 g/mol. The molecule has 0 aliphatic carbocycles. The number of anilines is 2. The third-order valence-corrected chi connectivity index (χ3v) is 5.33. The smallest absolute Gasteiger partial charge is 0.259 e. The molecule has 7 heteroatoms. The first-order chi connectivity index (χ1) is 15.3. The van der Waals surface area contributed by atoms with Gasteiger partial charge in [-0.1, -0.05) is 53.5 Å². The normalized spacial score (nSPS) is 10.7. The van der Waals surface area contributed by atoms with Crippen molar-refractivity contribution in [3.63, 3.8) is 0 Å². The molecule has 0 saturated carbocycles. The van der Waals surface area contributed by atoms with E-state index in [2.05, 4.69) is 40.4 Å². The molecule has 0 bridgehead atoms. The van der Waals surface area contributed by atoms with Gasteiger partial charge in [0.25, 0.3) is 11.8 Å². The van der Waals surface area contributed by atoms with E-state index in [0.29, 0.717) is 45.8 Å². The molecule has 0 aliphatic heterocycles. The fourth-order valence-corrected chi connectivity index (χ4v) is 3.47. The van der Waals surface area contributed by atoms with Gasteiger partial charge in [0.2, 0.25) is 0 Å². The Morgan fingerprint density at radius 1 is 0.938 bits per heavy atom. The summed E-state index contributed by atoms with van der Waals surface area (Å²) in [6, 6.07) is 19.0. The minimum Gasteiger partial charge on any atom is -0.493 e. The summed E-state index contributed by atoms with van der Waals surface area (Å²) in [6.07, 6.45) is 0.890. The fourth-order valence-electron chi connectivity index (χ4n) is 2.92. The highest BCUT2D eigenvalue weighted by Crippen LogP contribution is 2.25. The van der Waals surface area contributed by atoms with Crippen LogP contribution in [-0.2, 0) is 0 Å². The first-order valence-corrected chi connectivity index (χ1v) is 11.4. The molecular formula is C25H24BrClN2O3. The molecule has 0 atom stereocenters. The summed E-state index contributed by atoms with van der Waals surface area (Å²) in [5.41, 5.74) is 1.92. The molecule has 32 heavy (non-hydrogen) atoms. The van der Waals surface area contributed by atoms with Crippen molar-refractivity contribution in [2.75, 3.05) is 17.2 Å². The number of ether oxygens (including phenoxy) is 1. The predicted molar refractivity (Wildman–Crippen MR) is 133 cm³/mol. The summed E-state index contributed by atoms with van der Waals surface area (Å²) in [7, 11) is 0. The minimum absolute atomic E-state index is 0.302. The van der Waals surface area contributed by atoms with Crippen LogP contribution in [0.25, 0.3) is 0 Å². The van der Waals surface area contributed by atoms with Crippen LogP contribution in [0.2, 0.25) is 5.02 Å². The summed E-state index contributed by atoms with van der Waals surface area (Å²) in [4.78, 5) is 25.6. The number of halogens is 2. The SMILES string of the molecule is CC(C)CCOc1ccc(Br)cc1C(=O)Nc1cccc(C(=O)Nc2cccc(Cl)c2)c1. The topological polar surface area (TPSA) is 67.4 Å². The first kappa shape index (κ1) is 23.8. The second-order valence-electron chi connectivity index (χ2n) is 7.67. The van der Waals surface area contributed by atoms with E-state index >= 15 is 0 Å². The standard InChI is InChI=1S/C25H24BrClN2O3/c1-16(2)11-12-32-23-10-9-18(26)14-22(23)25(31)29-20-7-3-5-17(13-20)24(30)28-21-8-4-6-19(27)15-21/h3-10,13-16H,11-12H2,1-2H3,(H,28,30)(H,29,31). The molecule has 0 heterocycles. The molecule has 2 N–H and O–H groups in total. The molecule has 2 amide bonds. The Morgan fingerprint density at radius 2 is 1.62 bits per heavy atom. The lowest BCUT2D eigenvalue weighted by Gasteiger charge is -2.14. The molecule has 3 aromatic carbocycles. The molecule has 3 rings (SSSR count). The molecule has 166 valence electrons. The van der Waals surface area contributed by atoms with Gasteiger partial charge in [-0.15, -0.1) is 0 Å². The van der Waals surface area contributed by atoms with Gasteiger partial charge in [0, 0.05) is 26.4 Å². The molecule has 0 unspecified atom stereocenters. The van der Waals surface area contributed by atoms with E-state index < -0.39 is 0 Å². The molecule has 0 aliphatic rings. The highest BCUT2D eigenvalue weighted by Gasteiger charge is 2.15. The fraction of sp³-hybridized carbons (Fsp3) is 0.200. The number of carbonyl (C=O) groups is 2. The van der Waals surface area contributed by atoms with Crippen LogP contribution in [-0.4, -0.2) is 18.4 Å². The van der Waals surface area contributed by atoms with Crippen LogP contribution in [0.4, 0.5) is 11.4 Å². The van der Waals surface area contributed by atoms with Gasteiger partial charge in [0.15, 0.2) is 0 Å². The zero-order valence-electron chi connectivity index (χ0n) is 17.8. The maximum absolute atomic E-state index is 13.0. The Bertz CT molecular complexity index is 1120. The number of nitrogens with one attached hydrogen (secondary N) is 2. The van der Waals surface area contributed by atoms with Crippen molar-refractivity contribution in [3.05, 3.63) is 87.4 Å². The minimum atomic E-state index is -0.321. The molecule has 0 spiro atoms. The van der Waals surface area contributed by atoms with Crippen LogP contribution in [0, 0.1) is 5.92 Å². The van der Waals surface area contributed by atoms with Crippen molar-refractivity contribution in [2.24, 2.45) is 5.92 Å². The second kappa shape index (κ2) is 11.2. The summed E-state index contributed by atoms with van der Waals surface area (Å²) < 4.78 is 6.61. The maximum Gasteiger partial charge on any atom is 0.259 e. The van der Waals surface area contributed by atoms with Gasteiger partial charge in [0.05, 0.1) is 12.2 Å². The van der Waals surface area contributed by atoms with E-state index in [1.807, 2.05) is 6.07 Å². The third-order valence-electron chi connectivity index (χ3n) is 4.60. The van der Waals surface area contributed by atoms with Gasteiger partial charge >= 0.3 is 0 Å². The molecule has 3 aromatic rings. The Balaban J connectivity index is 1.73. The maximum atomic E-state index is 13.0. The zero-order chi connectivity index (χ0) is 23.1. The Morgan fingerprint density at radius 3 is 2.34 bits per heavy atom. The lowest BCUT2D eigenvalue weighted by molar-refractivity contribution is 0.101. The van der Waals surface area contributed by atoms with Gasteiger partial charge in [-0.3, -0.25) is 9.59 Å². The zero-order valence-corrected chi connectivity index (χ0v) is 20.2. The largest absolute Gasteiger partial charge is 0.493 e. The monoisotopic (exact) mass is 514 g/mol. The summed E-state index contributed by atoms with van der Waals surface area (Å²) >= 11 is 9.38. The van der Waals surface area contributed by atoms with E-state index in [-0.39, 0.29) is 11.8 Å². The quantitative estimate of drug-likeness (QED) is 0.338. The number of benzene rings is 3. The van der Waals surface area contributed by atoms with Gasteiger partial charge in [-0.05, 0) is 66.9 Å². The van der Waals surface area contributed by atoms with Gasteiger partial charge < -0.3 is 15.4 Å².